The number of nitrogens with two attached hydrogens (primary N) is 1. The molecule has 4 heteroatoms. The largest absolute Gasteiger partial charge is 0.377 e. The van der Waals surface area contributed by atoms with E-state index in [-0.39, 0.29) is 11.6 Å². The average Bonchev–Trinajstić information content (AvgIpc) is 1.86. The maximum absolute atomic E-state index is 10.8. The van der Waals surface area contributed by atoms with Crippen molar-refractivity contribution < 1.29 is 8.95 Å². The van der Waals surface area contributed by atoms with Crippen LogP contribution in [0.4, 0.5) is 0 Å². The van der Waals surface area contributed by atoms with Crippen LogP contribution in [0.25, 0.3) is 0 Å². The lowest BCUT2D eigenvalue weighted by Gasteiger charge is -2.29. The molecule has 11 heavy (non-hydrogen) atoms. The van der Waals surface area contributed by atoms with E-state index in [0.717, 1.165) is 0 Å². The lowest BCUT2D eigenvalue weighted by molar-refractivity contribution is 0.00647. The molecule has 2 N–H and O–H groups in total. The molecule has 0 saturated heterocycles. The van der Waals surface area contributed by atoms with Gasteiger partial charge >= 0.3 is 0 Å². The first kappa shape index (κ1) is 11.1. The van der Waals surface area contributed by atoms with Crippen LogP contribution >= 0.6 is 0 Å². The van der Waals surface area contributed by atoms with Crippen molar-refractivity contribution >= 4 is 10.8 Å². The zero-order valence-corrected chi connectivity index (χ0v) is 8.40. The molecule has 0 amide bonds. The van der Waals surface area contributed by atoms with E-state index >= 15 is 0 Å². The minimum Gasteiger partial charge on any atom is -0.377 e. The molecule has 0 rings (SSSR count). The van der Waals surface area contributed by atoms with E-state index in [9.17, 15) is 4.21 Å². The molecule has 0 aromatic carbocycles. The highest BCUT2D eigenvalue weighted by molar-refractivity contribution is 7.84. The van der Waals surface area contributed by atoms with Crippen LogP contribution in [0.3, 0.4) is 0 Å². The lowest BCUT2D eigenvalue weighted by atomic mass is 10.0. The summed E-state index contributed by atoms with van der Waals surface area (Å²) in [6, 6.07) is -0.168. The molecule has 68 valence electrons. The van der Waals surface area contributed by atoms with Crippen molar-refractivity contribution in [3.05, 3.63) is 0 Å². The van der Waals surface area contributed by atoms with Crippen LogP contribution in [0.2, 0.25) is 0 Å². The highest BCUT2D eigenvalue weighted by atomic mass is 32.2. The zero-order chi connectivity index (χ0) is 9.07. The molecule has 0 saturated carbocycles. The Morgan fingerprint density at radius 1 is 1.64 bits per heavy atom. The van der Waals surface area contributed by atoms with Crippen molar-refractivity contribution in [2.45, 2.75) is 25.5 Å². The van der Waals surface area contributed by atoms with Crippen molar-refractivity contribution in [2.24, 2.45) is 5.73 Å². The lowest BCUT2D eigenvalue weighted by Crippen LogP contribution is -2.47. The Morgan fingerprint density at radius 2 is 2.09 bits per heavy atom. The van der Waals surface area contributed by atoms with E-state index in [1.807, 2.05) is 13.8 Å². The second kappa shape index (κ2) is 4.18. The second-order valence-electron chi connectivity index (χ2n) is 3.15. The van der Waals surface area contributed by atoms with Gasteiger partial charge in [-0.1, -0.05) is 0 Å². The number of methoxy groups -OCH3 is 1. The predicted octanol–water partition coefficient (Wildman–Crippen LogP) is 0.117. The van der Waals surface area contributed by atoms with Gasteiger partial charge in [0.2, 0.25) is 0 Å². The van der Waals surface area contributed by atoms with Crippen LogP contribution < -0.4 is 5.73 Å². The molecule has 2 unspecified atom stereocenters. The van der Waals surface area contributed by atoms with Crippen LogP contribution in [-0.4, -0.2) is 35.0 Å². The van der Waals surface area contributed by atoms with Crippen molar-refractivity contribution in [3.63, 3.8) is 0 Å². The van der Waals surface area contributed by atoms with Crippen molar-refractivity contribution in [3.8, 4) is 0 Å². The molecule has 0 spiro atoms. The van der Waals surface area contributed by atoms with E-state index in [0.29, 0.717) is 5.75 Å². The van der Waals surface area contributed by atoms with Crippen molar-refractivity contribution in [1.29, 1.82) is 0 Å². The van der Waals surface area contributed by atoms with E-state index in [4.69, 9.17) is 10.5 Å². The van der Waals surface area contributed by atoms with Gasteiger partial charge < -0.3 is 10.5 Å². The third-order valence-electron chi connectivity index (χ3n) is 1.83. The first-order chi connectivity index (χ1) is 4.90. The molecule has 0 aliphatic rings. The van der Waals surface area contributed by atoms with Gasteiger partial charge in [-0.15, -0.1) is 0 Å². The standard InChI is InChI=1S/C7H17NO2S/c1-7(2,10-3)6(8)5-11(4)9/h6H,5,8H2,1-4H3. The van der Waals surface area contributed by atoms with E-state index < -0.39 is 10.8 Å². The summed E-state index contributed by atoms with van der Waals surface area (Å²) in [7, 11) is 0.761. The van der Waals surface area contributed by atoms with Gasteiger partial charge in [0.1, 0.15) is 0 Å². The minimum atomic E-state index is -0.849. The third-order valence-corrected chi connectivity index (χ3v) is 2.66. The van der Waals surface area contributed by atoms with Crippen LogP contribution in [0.5, 0.6) is 0 Å². The molecular weight excluding hydrogens is 162 g/mol. The summed E-state index contributed by atoms with van der Waals surface area (Å²) in [6.07, 6.45) is 1.64. The summed E-state index contributed by atoms with van der Waals surface area (Å²) in [5.74, 6) is 0.487. The summed E-state index contributed by atoms with van der Waals surface area (Å²) >= 11 is 0. The van der Waals surface area contributed by atoms with Crippen molar-refractivity contribution in [1.82, 2.24) is 0 Å². The quantitative estimate of drug-likeness (QED) is 0.667. The molecule has 0 aliphatic carbocycles. The monoisotopic (exact) mass is 179 g/mol. The molecule has 0 radical (unpaired) electrons. The molecule has 0 aromatic heterocycles. The minimum absolute atomic E-state index is 0.168. The summed E-state index contributed by atoms with van der Waals surface area (Å²) < 4.78 is 15.9. The molecule has 2 atom stereocenters. The normalized spacial score (nSPS) is 17.9. The summed E-state index contributed by atoms with van der Waals surface area (Å²) in [5, 5.41) is 0. The fraction of sp³-hybridized carbons (Fsp3) is 1.00. The Morgan fingerprint density at radius 3 is 2.36 bits per heavy atom. The SMILES string of the molecule is COC(C)(C)C(N)CS(C)=O. The van der Waals surface area contributed by atoms with Crippen LogP contribution in [0, 0.1) is 0 Å². The Bertz CT molecular complexity index is 147. The third kappa shape index (κ3) is 3.84. The molecule has 0 bridgehead atoms. The van der Waals surface area contributed by atoms with Gasteiger partial charge in [-0.25, -0.2) is 0 Å². The number of ether oxygens (including phenoxy) is 1. The highest BCUT2D eigenvalue weighted by Crippen LogP contribution is 2.11. The maximum atomic E-state index is 10.8. The predicted molar refractivity (Wildman–Crippen MR) is 48.0 cm³/mol. The Labute approximate surface area is 70.8 Å². The van der Waals surface area contributed by atoms with Gasteiger partial charge in [-0.3, -0.25) is 4.21 Å². The van der Waals surface area contributed by atoms with Gasteiger partial charge in [-0.05, 0) is 13.8 Å². The smallest absolute Gasteiger partial charge is 0.0781 e. The highest BCUT2D eigenvalue weighted by Gasteiger charge is 2.26. The second-order valence-corrected chi connectivity index (χ2v) is 4.63. The Balaban J connectivity index is 4.01. The number of rotatable bonds is 4. The van der Waals surface area contributed by atoms with Crippen LogP contribution in [0.1, 0.15) is 13.8 Å². The van der Waals surface area contributed by atoms with E-state index in [1.54, 1.807) is 13.4 Å². The van der Waals surface area contributed by atoms with Gasteiger partial charge in [0.05, 0.1) is 5.60 Å². The average molecular weight is 179 g/mol. The topological polar surface area (TPSA) is 52.3 Å². The fourth-order valence-corrected chi connectivity index (χ4v) is 1.51. The molecule has 0 aliphatic heterocycles. The molecular formula is C7H17NO2S. The van der Waals surface area contributed by atoms with Gasteiger partial charge in [0.25, 0.3) is 0 Å². The Kier molecular flexibility index (Phi) is 4.21. The van der Waals surface area contributed by atoms with Crippen LogP contribution in [-0.2, 0) is 15.5 Å². The molecule has 3 nitrogen and oxygen atoms in total. The summed E-state index contributed by atoms with van der Waals surface area (Å²) in [4.78, 5) is 0. The first-order valence-corrected chi connectivity index (χ1v) is 5.23. The maximum Gasteiger partial charge on any atom is 0.0781 e. The van der Waals surface area contributed by atoms with Crippen LogP contribution in [0.15, 0.2) is 0 Å². The fourth-order valence-electron chi connectivity index (χ4n) is 0.605. The molecule has 0 aromatic rings. The number of hydrogen-bond acceptors (Lipinski definition) is 3. The molecule has 0 heterocycles. The first-order valence-electron chi connectivity index (χ1n) is 3.51. The van der Waals surface area contributed by atoms with Gasteiger partial charge in [-0.2, -0.15) is 0 Å². The molecule has 0 fully saturated rings. The van der Waals surface area contributed by atoms with E-state index in [2.05, 4.69) is 0 Å². The zero-order valence-electron chi connectivity index (χ0n) is 7.59. The number of hydrogen-bond donors (Lipinski definition) is 1. The van der Waals surface area contributed by atoms with E-state index in [1.165, 1.54) is 0 Å². The summed E-state index contributed by atoms with van der Waals surface area (Å²) in [5.41, 5.74) is 5.36. The van der Waals surface area contributed by atoms with Gasteiger partial charge in [0, 0.05) is 36.0 Å². The van der Waals surface area contributed by atoms with Gasteiger partial charge in [0.15, 0.2) is 0 Å². The van der Waals surface area contributed by atoms with Crippen molar-refractivity contribution in [2.75, 3.05) is 19.1 Å². The summed E-state index contributed by atoms with van der Waals surface area (Å²) in [6.45, 7) is 3.79. The Hall–Kier alpha value is 0.0700.